The second-order valence-corrected chi connectivity index (χ2v) is 2.22. The van der Waals surface area contributed by atoms with Gasteiger partial charge in [0.2, 0.25) is 0 Å². The summed E-state index contributed by atoms with van der Waals surface area (Å²) in [6.45, 7) is 3.19. The Morgan fingerprint density at radius 3 is 3.10 bits per heavy atom. The van der Waals surface area contributed by atoms with Crippen molar-refractivity contribution < 1.29 is 0 Å². The SMILES string of the molecule is CCCNc1c[c]ccc1. The van der Waals surface area contributed by atoms with E-state index in [1.807, 2.05) is 24.3 Å². The van der Waals surface area contributed by atoms with Gasteiger partial charge in [0.25, 0.3) is 0 Å². The highest BCUT2D eigenvalue weighted by atomic mass is 14.9. The summed E-state index contributed by atoms with van der Waals surface area (Å²) < 4.78 is 0. The molecule has 0 aliphatic heterocycles. The van der Waals surface area contributed by atoms with Crippen LogP contribution in [0.5, 0.6) is 0 Å². The van der Waals surface area contributed by atoms with Crippen LogP contribution in [0.25, 0.3) is 0 Å². The molecule has 0 spiro atoms. The molecule has 1 heteroatoms. The van der Waals surface area contributed by atoms with Crippen LogP contribution in [0.2, 0.25) is 0 Å². The highest BCUT2D eigenvalue weighted by molar-refractivity contribution is 5.41. The van der Waals surface area contributed by atoms with Gasteiger partial charge in [-0.2, -0.15) is 0 Å². The van der Waals surface area contributed by atoms with Crippen LogP contribution in [0, 0.1) is 6.07 Å². The van der Waals surface area contributed by atoms with Gasteiger partial charge < -0.3 is 5.32 Å². The fourth-order valence-corrected chi connectivity index (χ4v) is 0.773. The Hall–Kier alpha value is -0.980. The van der Waals surface area contributed by atoms with E-state index in [-0.39, 0.29) is 0 Å². The molecule has 53 valence electrons. The van der Waals surface area contributed by atoms with E-state index in [0.29, 0.717) is 0 Å². The third kappa shape index (κ3) is 2.09. The van der Waals surface area contributed by atoms with Crippen molar-refractivity contribution in [2.75, 3.05) is 11.9 Å². The van der Waals surface area contributed by atoms with Crippen molar-refractivity contribution >= 4 is 5.69 Å². The first-order valence-corrected chi connectivity index (χ1v) is 3.63. The molecule has 0 aliphatic carbocycles. The summed E-state index contributed by atoms with van der Waals surface area (Å²) in [5, 5.41) is 3.26. The van der Waals surface area contributed by atoms with Gasteiger partial charge in [0.1, 0.15) is 0 Å². The van der Waals surface area contributed by atoms with Gasteiger partial charge >= 0.3 is 0 Å². The molecule has 0 heterocycles. The quantitative estimate of drug-likeness (QED) is 0.669. The standard InChI is InChI=1S/C9H12N/c1-2-8-10-9-6-4-3-5-7-9/h3-4,6-7,10H,2,8H2,1H3. The maximum atomic E-state index is 3.26. The average Bonchev–Trinajstić information content (AvgIpc) is 2.03. The monoisotopic (exact) mass is 134 g/mol. The minimum atomic E-state index is 1.04. The fraction of sp³-hybridized carbons (Fsp3) is 0.333. The van der Waals surface area contributed by atoms with E-state index in [2.05, 4.69) is 18.3 Å². The van der Waals surface area contributed by atoms with E-state index >= 15 is 0 Å². The Labute approximate surface area is 62.1 Å². The lowest BCUT2D eigenvalue weighted by molar-refractivity contribution is 0.980. The average molecular weight is 134 g/mol. The van der Waals surface area contributed by atoms with Crippen LogP contribution in [0.3, 0.4) is 0 Å². The van der Waals surface area contributed by atoms with Crippen LogP contribution >= 0.6 is 0 Å². The van der Waals surface area contributed by atoms with E-state index in [1.165, 1.54) is 0 Å². The van der Waals surface area contributed by atoms with Gasteiger partial charge in [0.05, 0.1) is 0 Å². The van der Waals surface area contributed by atoms with Crippen LogP contribution in [0.1, 0.15) is 13.3 Å². The summed E-state index contributed by atoms with van der Waals surface area (Å²) in [5.74, 6) is 0. The van der Waals surface area contributed by atoms with Crippen molar-refractivity contribution in [1.82, 2.24) is 0 Å². The van der Waals surface area contributed by atoms with Crippen molar-refractivity contribution in [2.45, 2.75) is 13.3 Å². The maximum Gasteiger partial charge on any atom is 0.0346 e. The summed E-state index contributed by atoms with van der Waals surface area (Å²) in [6.07, 6.45) is 1.16. The highest BCUT2D eigenvalue weighted by Crippen LogP contribution is 2.03. The van der Waals surface area contributed by atoms with Gasteiger partial charge in [-0.25, -0.2) is 0 Å². The molecule has 1 aromatic rings. The van der Waals surface area contributed by atoms with Gasteiger partial charge in [0.15, 0.2) is 0 Å². The Morgan fingerprint density at radius 2 is 2.50 bits per heavy atom. The number of benzene rings is 1. The largest absolute Gasteiger partial charge is 0.385 e. The van der Waals surface area contributed by atoms with Crippen molar-refractivity contribution in [3.05, 3.63) is 30.3 Å². The third-order valence-corrected chi connectivity index (χ3v) is 1.29. The molecule has 10 heavy (non-hydrogen) atoms. The zero-order valence-corrected chi connectivity index (χ0v) is 6.22. The van der Waals surface area contributed by atoms with Crippen molar-refractivity contribution in [2.24, 2.45) is 0 Å². The van der Waals surface area contributed by atoms with Crippen LogP contribution in [-0.2, 0) is 0 Å². The van der Waals surface area contributed by atoms with E-state index in [9.17, 15) is 0 Å². The van der Waals surface area contributed by atoms with Crippen LogP contribution < -0.4 is 5.32 Å². The molecule has 1 rings (SSSR count). The predicted molar refractivity (Wildman–Crippen MR) is 44.1 cm³/mol. The van der Waals surface area contributed by atoms with E-state index in [4.69, 9.17) is 0 Å². The summed E-state index contributed by atoms with van der Waals surface area (Å²) in [7, 11) is 0. The Bertz CT molecular complexity index is 169. The second-order valence-electron chi connectivity index (χ2n) is 2.22. The molecule has 1 radical (unpaired) electrons. The van der Waals surface area contributed by atoms with Gasteiger partial charge in [0, 0.05) is 12.2 Å². The smallest absolute Gasteiger partial charge is 0.0346 e. The molecule has 0 unspecified atom stereocenters. The molecular weight excluding hydrogens is 122 g/mol. The Kier molecular flexibility index (Phi) is 2.81. The normalized spacial score (nSPS) is 9.30. The third-order valence-electron chi connectivity index (χ3n) is 1.29. The molecule has 1 nitrogen and oxygen atoms in total. The molecule has 0 amide bonds. The molecule has 0 atom stereocenters. The molecule has 1 N–H and O–H groups in total. The predicted octanol–water partition coefficient (Wildman–Crippen LogP) is 2.31. The maximum absolute atomic E-state index is 3.26. The van der Waals surface area contributed by atoms with Crippen molar-refractivity contribution in [3.8, 4) is 0 Å². The number of nitrogens with one attached hydrogen (secondary N) is 1. The summed E-state index contributed by atoms with van der Waals surface area (Å²) in [6, 6.07) is 10.9. The summed E-state index contributed by atoms with van der Waals surface area (Å²) in [4.78, 5) is 0. The number of hydrogen-bond donors (Lipinski definition) is 1. The summed E-state index contributed by atoms with van der Waals surface area (Å²) >= 11 is 0. The summed E-state index contributed by atoms with van der Waals surface area (Å²) in [5.41, 5.74) is 1.16. The zero-order chi connectivity index (χ0) is 7.23. The van der Waals surface area contributed by atoms with Gasteiger partial charge in [-0.15, -0.1) is 0 Å². The molecular formula is C9H12N. The van der Waals surface area contributed by atoms with Gasteiger partial charge in [-0.05, 0) is 24.6 Å². The van der Waals surface area contributed by atoms with Crippen molar-refractivity contribution in [3.63, 3.8) is 0 Å². The minimum absolute atomic E-state index is 1.04. The van der Waals surface area contributed by atoms with E-state index < -0.39 is 0 Å². The minimum Gasteiger partial charge on any atom is -0.385 e. The molecule has 1 aromatic carbocycles. The Balaban J connectivity index is 2.43. The van der Waals surface area contributed by atoms with Gasteiger partial charge in [-0.3, -0.25) is 0 Å². The number of hydrogen-bond acceptors (Lipinski definition) is 1. The fourth-order valence-electron chi connectivity index (χ4n) is 0.773. The lowest BCUT2D eigenvalue weighted by Gasteiger charge is -2.01. The van der Waals surface area contributed by atoms with E-state index in [1.54, 1.807) is 0 Å². The second kappa shape index (κ2) is 3.94. The Morgan fingerprint density at radius 1 is 1.60 bits per heavy atom. The highest BCUT2D eigenvalue weighted by Gasteiger charge is 1.84. The first-order valence-electron chi connectivity index (χ1n) is 3.63. The molecule has 0 bridgehead atoms. The molecule has 0 saturated heterocycles. The number of rotatable bonds is 3. The first kappa shape index (κ1) is 7.13. The van der Waals surface area contributed by atoms with Crippen LogP contribution in [0.4, 0.5) is 5.69 Å². The topological polar surface area (TPSA) is 12.0 Å². The zero-order valence-electron chi connectivity index (χ0n) is 6.22. The number of anilines is 1. The van der Waals surface area contributed by atoms with Gasteiger partial charge in [-0.1, -0.05) is 19.1 Å². The lowest BCUT2D eigenvalue weighted by atomic mass is 10.3. The van der Waals surface area contributed by atoms with E-state index in [0.717, 1.165) is 18.7 Å². The first-order chi connectivity index (χ1) is 4.93. The molecule has 0 fully saturated rings. The lowest BCUT2D eigenvalue weighted by Crippen LogP contribution is -1.98. The molecule has 0 saturated carbocycles. The van der Waals surface area contributed by atoms with Crippen LogP contribution in [0.15, 0.2) is 24.3 Å². The van der Waals surface area contributed by atoms with Crippen LogP contribution in [-0.4, -0.2) is 6.54 Å². The van der Waals surface area contributed by atoms with Crippen molar-refractivity contribution in [1.29, 1.82) is 0 Å². The molecule has 0 aliphatic rings. The molecule has 0 aromatic heterocycles.